The Morgan fingerprint density at radius 1 is 1.05 bits per heavy atom. The van der Waals surface area contributed by atoms with E-state index >= 15 is 0 Å². The van der Waals surface area contributed by atoms with Crippen LogP contribution in [0.1, 0.15) is 15.9 Å². The van der Waals surface area contributed by atoms with Crippen LogP contribution in [0.4, 0.5) is 11.4 Å². The summed E-state index contributed by atoms with van der Waals surface area (Å²) in [7, 11) is 0. The molecule has 0 aromatic heterocycles. The normalized spacial score (nSPS) is 10.4. The van der Waals surface area contributed by atoms with Gasteiger partial charge in [0.1, 0.15) is 0 Å². The maximum Gasteiger partial charge on any atom is 0.255 e. The molecule has 0 radical (unpaired) electrons. The Labute approximate surface area is 142 Å². The molecule has 0 aliphatic rings. The van der Waals surface area contributed by atoms with Crippen molar-refractivity contribution >= 4 is 65.1 Å². The second-order valence-corrected chi connectivity index (χ2v) is 7.01. The Kier molecular flexibility index (Phi) is 4.88. The molecule has 0 aliphatic carbocycles. The molecule has 1 amide bonds. The molecular formula is C14H11Br3N2O. The molecule has 0 unspecified atom stereocenters. The van der Waals surface area contributed by atoms with Gasteiger partial charge in [-0.2, -0.15) is 0 Å². The molecule has 2 aromatic carbocycles. The van der Waals surface area contributed by atoms with Crippen molar-refractivity contribution in [3.05, 3.63) is 54.9 Å². The number of halogens is 3. The Morgan fingerprint density at radius 2 is 1.70 bits per heavy atom. The van der Waals surface area contributed by atoms with Gasteiger partial charge >= 0.3 is 0 Å². The van der Waals surface area contributed by atoms with Crippen LogP contribution in [0.5, 0.6) is 0 Å². The maximum atomic E-state index is 12.3. The molecule has 0 saturated carbocycles. The molecule has 0 atom stereocenters. The number of nitrogen functional groups attached to an aromatic ring is 1. The van der Waals surface area contributed by atoms with E-state index in [0.717, 1.165) is 19.0 Å². The zero-order valence-corrected chi connectivity index (χ0v) is 15.3. The molecule has 0 spiro atoms. The SMILES string of the molecule is Cc1cc(Br)cc(C(=O)Nc2c(N)cc(Br)cc2Br)c1. The third kappa shape index (κ3) is 3.62. The first-order chi connectivity index (χ1) is 9.36. The van der Waals surface area contributed by atoms with Crippen molar-refractivity contribution in [2.75, 3.05) is 11.1 Å². The first-order valence-electron chi connectivity index (χ1n) is 5.70. The summed E-state index contributed by atoms with van der Waals surface area (Å²) in [5.74, 6) is -0.205. The van der Waals surface area contributed by atoms with Gasteiger partial charge in [0.25, 0.3) is 5.91 Å². The van der Waals surface area contributed by atoms with Crippen molar-refractivity contribution in [2.45, 2.75) is 6.92 Å². The highest BCUT2D eigenvalue weighted by molar-refractivity contribution is 9.11. The number of hydrogen-bond acceptors (Lipinski definition) is 2. The average Bonchev–Trinajstić information content (AvgIpc) is 2.32. The van der Waals surface area contributed by atoms with Crippen LogP contribution in [-0.4, -0.2) is 5.91 Å². The summed E-state index contributed by atoms with van der Waals surface area (Å²) < 4.78 is 2.44. The fourth-order valence-corrected chi connectivity index (χ4v) is 3.74. The maximum absolute atomic E-state index is 12.3. The van der Waals surface area contributed by atoms with Crippen molar-refractivity contribution in [3.8, 4) is 0 Å². The molecule has 2 aromatic rings. The predicted octanol–water partition coefficient (Wildman–Crippen LogP) is 5.12. The van der Waals surface area contributed by atoms with Crippen LogP contribution >= 0.6 is 47.8 Å². The number of amides is 1. The van der Waals surface area contributed by atoms with E-state index in [0.29, 0.717) is 16.9 Å². The van der Waals surface area contributed by atoms with E-state index in [1.807, 2.05) is 25.1 Å². The number of nitrogens with two attached hydrogens (primary N) is 1. The Hall–Kier alpha value is -0.850. The first-order valence-corrected chi connectivity index (χ1v) is 8.08. The lowest BCUT2D eigenvalue weighted by molar-refractivity contribution is 0.102. The molecule has 0 saturated heterocycles. The van der Waals surface area contributed by atoms with E-state index in [4.69, 9.17) is 5.73 Å². The molecule has 6 heteroatoms. The van der Waals surface area contributed by atoms with Crippen LogP contribution < -0.4 is 11.1 Å². The van der Waals surface area contributed by atoms with Crippen LogP contribution in [0.25, 0.3) is 0 Å². The van der Waals surface area contributed by atoms with Gasteiger partial charge < -0.3 is 11.1 Å². The van der Waals surface area contributed by atoms with Crippen molar-refractivity contribution in [1.82, 2.24) is 0 Å². The molecule has 0 bridgehead atoms. The van der Waals surface area contributed by atoms with Crippen LogP contribution in [0.15, 0.2) is 43.7 Å². The number of rotatable bonds is 2. The quantitative estimate of drug-likeness (QED) is 0.609. The van der Waals surface area contributed by atoms with Gasteiger partial charge in [-0.15, -0.1) is 0 Å². The topological polar surface area (TPSA) is 55.1 Å². The van der Waals surface area contributed by atoms with E-state index in [2.05, 4.69) is 53.1 Å². The second-order valence-electron chi connectivity index (χ2n) is 4.32. The lowest BCUT2D eigenvalue weighted by Crippen LogP contribution is -2.14. The van der Waals surface area contributed by atoms with Crippen LogP contribution in [-0.2, 0) is 0 Å². The Bertz CT molecular complexity index is 643. The van der Waals surface area contributed by atoms with Gasteiger partial charge in [-0.3, -0.25) is 4.79 Å². The minimum absolute atomic E-state index is 0.205. The van der Waals surface area contributed by atoms with Gasteiger partial charge in [0.15, 0.2) is 0 Å². The second kappa shape index (κ2) is 6.28. The highest BCUT2D eigenvalue weighted by Crippen LogP contribution is 2.33. The standard InChI is InChI=1S/C14H11Br3N2O/c1-7-2-8(4-9(15)3-7)14(20)19-13-11(17)5-10(16)6-12(13)18/h2-6H,18H2,1H3,(H,19,20). The van der Waals surface area contributed by atoms with Gasteiger partial charge in [0.2, 0.25) is 0 Å². The number of nitrogens with one attached hydrogen (secondary N) is 1. The van der Waals surface area contributed by atoms with Crippen LogP contribution in [0, 0.1) is 6.92 Å². The van der Waals surface area contributed by atoms with Gasteiger partial charge in [0, 0.05) is 19.0 Å². The predicted molar refractivity (Wildman–Crippen MR) is 93.1 cm³/mol. The lowest BCUT2D eigenvalue weighted by atomic mass is 10.1. The summed E-state index contributed by atoms with van der Waals surface area (Å²) in [4.78, 5) is 12.3. The summed E-state index contributed by atoms with van der Waals surface area (Å²) in [6.45, 7) is 1.94. The molecule has 2 rings (SSSR count). The first kappa shape index (κ1) is 15.5. The lowest BCUT2D eigenvalue weighted by Gasteiger charge is -2.11. The number of carbonyl (C=O) groups is 1. The molecule has 0 aliphatic heterocycles. The number of anilines is 2. The molecule has 0 fully saturated rings. The summed E-state index contributed by atoms with van der Waals surface area (Å²) in [5.41, 5.74) is 8.56. The molecule has 3 nitrogen and oxygen atoms in total. The highest BCUT2D eigenvalue weighted by Gasteiger charge is 2.12. The van der Waals surface area contributed by atoms with Crippen molar-refractivity contribution in [1.29, 1.82) is 0 Å². The third-order valence-electron chi connectivity index (χ3n) is 2.63. The zero-order chi connectivity index (χ0) is 14.9. The number of aryl methyl sites for hydroxylation is 1. The van der Waals surface area contributed by atoms with Crippen molar-refractivity contribution in [3.63, 3.8) is 0 Å². The van der Waals surface area contributed by atoms with Crippen LogP contribution in [0.2, 0.25) is 0 Å². The van der Waals surface area contributed by atoms with Gasteiger partial charge in [0.05, 0.1) is 11.4 Å². The number of carbonyl (C=O) groups excluding carboxylic acids is 1. The van der Waals surface area contributed by atoms with E-state index < -0.39 is 0 Å². The number of benzene rings is 2. The van der Waals surface area contributed by atoms with E-state index in [-0.39, 0.29) is 5.91 Å². The smallest absolute Gasteiger partial charge is 0.255 e. The van der Waals surface area contributed by atoms with E-state index in [1.165, 1.54) is 0 Å². The molecule has 104 valence electrons. The molecular weight excluding hydrogens is 452 g/mol. The summed E-state index contributed by atoms with van der Waals surface area (Å²) in [6, 6.07) is 9.11. The summed E-state index contributed by atoms with van der Waals surface area (Å²) >= 11 is 10.1. The summed E-state index contributed by atoms with van der Waals surface area (Å²) in [6.07, 6.45) is 0. The van der Waals surface area contributed by atoms with E-state index in [9.17, 15) is 4.79 Å². The fraction of sp³-hybridized carbons (Fsp3) is 0.0714. The van der Waals surface area contributed by atoms with Gasteiger partial charge in [-0.1, -0.05) is 31.9 Å². The minimum Gasteiger partial charge on any atom is -0.397 e. The molecule has 20 heavy (non-hydrogen) atoms. The fourth-order valence-electron chi connectivity index (χ4n) is 1.78. The van der Waals surface area contributed by atoms with Gasteiger partial charge in [-0.05, 0) is 58.7 Å². The number of hydrogen-bond donors (Lipinski definition) is 2. The average molecular weight is 463 g/mol. The highest BCUT2D eigenvalue weighted by atomic mass is 79.9. The monoisotopic (exact) mass is 460 g/mol. The Balaban J connectivity index is 2.32. The molecule has 0 heterocycles. The van der Waals surface area contributed by atoms with Crippen molar-refractivity contribution < 1.29 is 4.79 Å². The summed E-state index contributed by atoms with van der Waals surface area (Å²) in [5, 5.41) is 2.82. The van der Waals surface area contributed by atoms with Crippen LogP contribution in [0.3, 0.4) is 0 Å². The largest absolute Gasteiger partial charge is 0.397 e. The van der Waals surface area contributed by atoms with E-state index in [1.54, 1.807) is 12.1 Å². The molecule has 3 N–H and O–H groups in total. The van der Waals surface area contributed by atoms with Crippen molar-refractivity contribution in [2.24, 2.45) is 0 Å². The Morgan fingerprint density at radius 3 is 2.30 bits per heavy atom. The minimum atomic E-state index is -0.205. The van der Waals surface area contributed by atoms with Gasteiger partial charge in [-0.25, -0.2) is 0 Å². The third-order valence-corrected chi connectivity index (χ3v) is 4.17. The zero-order valence-electron chi connectivity index (χ0n) is 10.5.